The average Bonchev–Trinajstić information content (AvgIpc) is 2.62. The van der Waals surface area contributed by atoms with Crippen LogP contribution in [0.5, 0.6) is 0 Å². The third-order valence-electron chi connectivity index (χ3n) is 3.93. The highest BCUT2D eigenvalue weighted by atomic mass is 32.2. The van der Waals surface area contributed by atoms with Gasteiger partial charge >= 0.3 is 0 Å². The van der Waals surface area contributed by atoms with Gasteiger partial charge < -0.3 is 5.32 Å². The van der Waals surface area contributed by atoms with Crippen molar-refractivity contribution in [3.05, 3.63) is 35.4 Å². The van der Waals surface area contributed by atoms with Crippen LogP contribution < -0.4 is 5.32 Å². The SMILES string of the molecule is CC1(NC(=O)c2ccc(C(C)(C)C)cc2)CCS(=O)(=O)C1. The standard InChI is InChI=1S/C16H23NO3S/c1-15(2,3)13-7-5-12(6-8-13)14(18)17-16(4)9-10-21(19,20)11-16/h5-8H,9-11H2,1-4H3,(H,17,18). The fourth-order valence-electron chi connectivity index (χ4n) is 2.58. The first-order chi connectivity index (χ1) is 9.51. The van der Waals surface area contributed by atoms with E-state index in [0.717, 1.165) is 5.56 Å². The number of hydrogen-bond acceptors (Lipinski definition) is 3. The molecule has 0 radical (unpaired) electrons. The van der Waals surface area contributed by atoms with Crippen molar-refractivity contribution in [3.63, 3.8) is 0 Å². The Morgan fingerprint density at radius 3 is 2.19 bits per heavy atom. The lowest BCUT2D eigenvalue weighted by Gasteiger charge is -2.24. The van der Waals surface area contributed by atoms with E-state index in [1.807, 2.05) is 12.1 Å². The summed E-state index contributed by atoms with van der Waals surface area (Å²) in [5.41, 5.74) is 1.11. The third kappa shape index (κ3) is 3.84. The molecule has 0 aliphatic carbocycles. The molecule has 0 aromatic heterocycles. The Kier molecular flexibility index (Phi) is 3.91. The van der Waals surface area contributed by atoms with Gasteiger partial charge in [0.25, 0.3) is 5.91 Å². The van der Waals surface area contributed by atoms with Crippen LogP contribution in [0, 0.1) is 0 Å². The fraction of sp³-hybridized carbons (Fsp3) is 0.562. The van der Waals surface area contributed by atoms with Crippen molar-refractivity contribution in [2.24, 2.45) is 0 Å². The van der Waals surface area contributed by atoms with Crippen LogP contribution in [0.3, 0.4) is 0 Å². The number of sulfone groups is 1. The molecule has 1 aliphatic heterocycles. The van der Waals surface area contributed by atoms with Crippen LogP contribution in [0.15, 0.2) is 24.3 Å². The minimum atomic E-state index is -3.02. The van der Waals surface area contributed by atoms with E-state index in [1.54, 1.807) is 19.1 Å². The first-order valence-electron chi connectivity index (χ1n) is 7.14. The molecule has 1 aromatic carbocycles. The van der Waals surface area contributed by atoms with Crippen molar-refractivity contribution in [3.8, 4) is 0 Å². The first kappa shape index (κ1) is 16.0. The molecule has 0 bridgehead atoms. The van der Waals surface area contributed by atoms with Crippen molar-refractivity contribution in [1.82, 2.24) is 5.32 Å². The van der Waals surface area contributed by atoms with Crippen molar-refractivity contribution >= 4 is 15.7 Å². The molecule has 4 nitrogen and oxygen atoms in total. The van der Waals surface area contributed by atoms with Gasteiger partial charge in [-0.2, -0.15) is 0 Å². The summed E-state index contributed by atoms with van der Waals surface area (Å²) < 4.78 is 23.1. The molecule has 1 amide bonds. The normalized spacial score (nSPS) is 24.8. The Labute approximate surface area is 126 Å². The fourth-order valence-corrected chi connectivity index (χ4v) is 4.67. The van der Waals surface area contributed by atoms with Gasteiger partial charge in [0.15, 0.2) is 9.84 Å². The molecule has 1 aromatic rings. The molecule has 1 atom stereocenters. The Balaban J connectivity index is 2.11. The van der Waals surface area contributed by atoms with E-state index in [-0.39, 0.29) is 22.8 Å². The highest BCUT2D eigenvalue weighted by Crippen LogP contribution is 2.24. The molecule has 2 rings (SSSR count). The van der Waals surface area contributed by atoms with Crippen molar-refractivity contribution < 1.29 is 13.2 Å². The molecular formula is C16H23NO3S. The molecule has 1 unspecified atom stereocenters. The number of amides is 1. The number of rotatable bonds is 2. The van der Waals surface area contributed by atoms with Gasteiger partial charge in [-0.25, -0.2) is 8.42 Å². The maximum atomic E-state index is 12.3. The monoisotopic (exact) mass is 309 g/mol. The third-order valence-corrected chi connectivity index (χ3v) is 5.83. The van der Waals surface area contributed by atoms with Gasteiger partial charge in [0, 0.05) is 5.56 Å². The van der Waals surface area contributed by atoms with Gasteiger partial charge in [0.1, 0.15) is 0 Å². The summed E-state index contributed by atoms with van der Waals surface area (Å²) >= 11 is 0. The zero-order valence-electron chi connectivity index (χ0n) is 13.1. The Morgan fingerprint density at radius 1 is 1.19 bits per heavy atom. The maximum absolute atomic E-state index is 12.3. The molecule has 5 heteroatoms. The summed E-state index contributed by atoms with van der Waals surface area (Å²) in [6.07, 6.45) is 0.473. The van der Waals surface area contributed by atoms with Crippen LogP contribution >= 0.6 is 0 Å². The maximum Gasteiger partial charge on any atom is 0.251 e. The largest absolute Gasteiger partial charge is 0.346 e. The predicted octanol–water partition coefficient (Wildman–Crippen LogP) is 2.29. The van der Waals surface area contributed by atoms with E-state index in [9.17, 15) is 13.2 Å². The summed E-state index contributed by atoms with van der Waals surface area (Å²) in [6, 6.07) is 7.48. The summed E-state index contributed by atoms with van der Waals surface area (Å²) in [7, 11) is -3.02. The summed E-state index contributed by atoms with van der Waals surface area (Å²) in [6.45, 7) is 8.14. The van der Waals surface area contributed by atoms with E-state index in [0.29, 0.717) is 12.0 Å². The van der Waals surface area contributed by atoms with Crippen molar-refractivity contribution in [2.75, 3.05) is 11.5 Å². The molecule has 1 heterocycles. The van der Waals surface area contributed by atoms with E-state index in [2.05, 4.69) is 26.1 Å². The number of carbonyl (C=O) groups is 1. The highest BCUT2D eigenvalue weighted by molar-refractivity contribution is 7.91. The van der Waals surface area contributed by atoms with Crippen LogP contribution in [0.4, 0.5) is 0 Å². The lowest BCUT2D eigenvalue weighted by atomic mass is 9.86. The molecule has 21 heavy (non-hydrogen) atoms. The van der Waals surface area contributed by atoms with Crippen molar-refractivity contribution in [2.45, 2.75) is 45.1 Å². The summed E-state index contributed by atoms with van der Waals surface area (Å²) in [5, 5.41) is 2.87. The minimum Gasteiger partial charge on any atom is -0.346 e. The molecular weight excluding hydrogens is 286 g/mol. The quantitative estimate of drug-likeness (QED) is 0.911. The topological polar surface area (TPSA) is 63.2 Å². The van der Waals surface area contributed by atoms with Gasteiger partial charge in [-0.15, -0.1) is 0 Å². The second-order valence-corrected chi connectivity index (χ2v) is 9.37. The molecule has 1 fully saturated rings. The Bertz CT molecular complexity index is 641. The van der Waals surface area contributed by atoms with Crippen LogP contribution in [-0.4, -0.2) is 31.4 Å². The smallest absolute Gasteiger partial charge is 0.251 e. The van der Waals surface area contributed by atoms with Crippen molar-refractivity contribution in [1.29, 1.82) is 0 Å². The lowest BCUT2D eigenvalue weighted by molar-refractivity contribution is 0.0915. The molecule has 1 aliphatic rings. The average molecular weight is 309 g/mol. The minimum absolute atomic E-state index is 0.0197. The number of hydrogen-bond donors (Lipinski definition) is 1. The molecule has 0 saturated carbocycles. The molecule has 0 spiro atoms. The predicted molar refractivity (Wildman–Crippen MR) is 84.3 cm³/mol. The molecule has 1 N–H and O–H groups in total. The van der Waals surface area contributed by atoms with Crippen LogP contribution in [0.25, 0.3) is 0 Å². The van der Waals surface area contributed by atoms with Crippen LogP contribution in [-0.2, 0) is 15.3 Å². The van der Waals surface area contributed by atoms with E-state index in [4.69, 9.17) is 0 Å². The number of carbonyl (C=O) groups excluding carboxylic acids is 1. The Morgan fingerprint density at radius 2 is 1.76 bits per heavy atom. The highest BCUT2D eigenvalue weighted by Gasteiger charge is 2.39. The summed E-state index contributed by atoms with van der Waals surface area (Å²) in [4.78, 5) is 12.3. The lowest BCUT2D eigenvalue weighted by Crippen LogP contribution is -2.46. The van der Waals surface area contributed by atoms with Gasteiger partial charge in [0.05, 0.1) is 17.0 Å². The van der Waals surface area contributed by atoms with E-state index < -0.39 is 15.4 Å². The summed E-state index contributed by atoms with van der Waals surface area (Å²) in [5.74, 6) is -0.0477. The van der Waals surface area contributed by atoms with Gasteiger partial charge in [-0.05, 0) is 36.5 Å². The number of nitrogens with one attached hydrogen (secondary N) is 1. The van der Waals surface area contributed by atoms with Gasteiger partial charge in [0.2, 0.25) is 0 Å². The second-order valence-electron chi connectivity index (χ2n) is 7.18. The van der Waals surface area contributed by atoms with Crippen LogP contribution in [0.2, 0.25) is 0 Å². The second kappa shape index (κ2) is 5.13. The molecule has 1 saturated heterocycles. The van der Waals surface area contributed by atoms with E-state index >= 15 is 0 Å². The van der Waals surface area contributed by atoms with E-state index in [1.165, 1.54) is 0 Å². The zero-order chi connectivity index (χ0) is 15.9. The van der Waals surface area contributed by atoms with Gasteiger partial charge in [-0.1, -0.05) is 32.9 Å². The number of benzene rings is 1. The van der Waals surface area contributed by atoms with Crippen LogP contribution in [0.1, 0.15) is 50.0 Å². The van der Waals surface area contributed by atoms with Gasteiger partial charge in [-0.3, -0.25) is 4.79 Å². The first-order valence-corrected chi connectivity index (χ1v) is 8.96. The zero-order valence-corrected chi connectivity index (χ0v) is 13.9. The molecule has 116 valence electrons. The Hall–Kier alpha value is -1.36.